The van der Waals surface area contributed by atoms with Gasteiger partial charge in [-0.3, -0.25) is 4.79 Å². The lowest BCUT2D eigenvalue weighted by Crippen LogP contribution is -2.28. The molecule has 3 nitrogen and oxygen atoms in total. The molecule has 94 valence electrons. The molecule has 1 aromatic rings. The number of hydrogen-bond acceptors (Lipinski definition) is 4. The van der Waals surface area contributed by atoms with Gasteiger partial charge in [0.05, 0.1) is 11.4 Å². The zero-order valence-electron chi connectivity index (χ0n) is 10.6. The lowest BCUT2D eigenvalue weighted by molar-refractivity contribution is -0.119. The van der Waals surface area contributed by atoms with E-state index in [-0.39, 0.29) is 0 Å². The third-order valence-corrected chi connectivity index (χ3v) is 4.18. The van der Waals surface area contributed by atoms with E-state index in [0.717, 1.165) is 24.5 Å². The highest BCUT2D eigenvalue weighted by Gasteiger charge is 2.25. The van der Waals surface area contributed by atoms with Crippen LogP contribution in [0.1, 0.15) is 31.7 Å². The maximum atomic E-state index is 11.9. The summed E-state index contributed by atoms with van der Waals surface area (Å²) in [5, 5.41) is 2.88. The highest BCUT2D eigenvalue weighted by molar-refractivity contribution is 7.09. The molecule has 0 unspecified atom stereocenters. The summed E-state index contributed by atoms with van der Waals surface area (Å²) in [6.07, 6.45) is 4.18. The monoisotopic (exact) mass is 252 g/mol. The number of ketones is 1. The van der Waals surface area contributed by atoms with Gasteiger partial charge in [0.15, 0.2) is 0 Å². The molecular formula is C13H20N2OS. The Kier molecular flexibility index (Phi) is 4.29. The minimum atomic E-state index is 0.343. The van der Waals surface area contributed by atoms with E-state index in [1.807, 2.05) is 5.38 Å². The average molecular weight is 252 g/mol. The summed E-state index contributed by atoms with van der Waals surface area (Å²) in [5.74, 6) is 0.903. The van der Waals surface area contributed by atoms with Gasteiger partial charge < -0.3 is 4.90 Å². The first kappa shape index (κ1) is 12.7. The van der Waals surface area contributed by atoms with Gasteiger partial charge >= 0.3 is 0 Å². The molecule has 2 rings (SSSR count). The Morgan fingerprint density at radius 2 is 2.47 bits per heavy atom. The van der Waals surface area contributed by atoms with Gasteiger partial charge in [-0.2, -0.15) is 0 Å². The fourth-order valence-electron chi connectivity index (χ4n) is 2.40. The lowest BCUT2D eigenvalue weighted by Gasteiger charge is -2.19. The molecule has 0 radical (unpaired) electrons. The summed E-state index contributed by atoms with van der Waals surface area (Å²) in [4.78, 5) is 18.5. The zero-order valence-corrected chi connectivity index (χ0v) is 11.4. The highest BCUT2D eigenvalue weighted by atomic mass is 32.1. The maximum absolute atomic E-state index is 11.9. The topological polar surface area (TPSA) is 33.2 Å². The summed E-state index contributed by atoms with van der Waals surface area (Å²) in [6.45, 7) is 6.67. The number of carbonyl (C=O) groups is 1. The van der Waals surface area contributed by atoms with Crippen LogP contribution in [0.5, 0.6) is 0 Å². The molecule has 4 heteroatoms. The number of nitrogens with zero attached hydrogens (tertiary/aromatic N) is 2. The van der Waals surface area contributed by atoms with Gasteiger partial charge in [-0.1, -0.05) is 0 Å². The molecule has 0 amide bonds. The van der Waals surface area contributed by atoms with Gasteiger partial charge in [-0.15, -0.1) is 11.3 Å². The maximum Gasteiger partial charge on any atom is 0.140 e. The highest BCUT2D eigenvalue weighted by Crippen LogP contribution is 2.22. The van der Waals surface area contributed by atoms with Gasteiger partial charge in [-0.05, 0) is 32.7 Å². The molecule has 1 aliphatic heterocycles. The second-order valence-corrected chi connectivity index (χ2v) is 6.07. The second kappa shape index (κ2) is 5.74. The molecule has 17 heavy (non-hydrogen) atoms. The van der Waals surface area contributed by atoms with E-state index in [1.54, 1.807) is 17.5 Å². The third-order valence-electron chi connectivity index (χ3n) is 3.40. The first-order valence-electron chi connectivity index (χ1n) is 6.29. The number of Topliss-reactive ketones (excluding diaryl/α,β-unsaturated/α-hetero) is 1. The van der Waals surface area contributed by atoms with E-state index in [1.165, 1.54) is 6.42 Å². The van der Waals surface area contributed by atoms with Crippen molar-refractivity contribution in [3.8, 4) is 0 Å². The SMILES string of the molecule is CC(C)N1CC[C@@H](CC(=O)Cc2nccs2)C1. The molecule has 1 atom stereocenters. The van der Waals surface area contributed by atoms with Crippen molar-refractivity contribution in [2.45, 2.75) is 39.2 Å². The van der Waals surface area contributed by atoms with Gasteiger partial charge in [0.2, 0.25) is 0 Å². The van der Waals surface area contributed by atoms with Crippen LogP contribution < -0.4 is 0 Å². The minimum Gasteiger partial charge on any atom is -0.301 e. The van der Waals surface area contributed by atoms with Crippen LogP contribution in [0.25, 0.3) is 0 Å². The minimum absolute atomic E-state index is 0.343. The number of rotatable bonds is 5. The van der Waals surface area contributed by atoms with E-state index in [4.69, 9.17) is 0 Å². The molecule has 1 saturated heterocycles. The van der Waals surface area contributed by atoms with Gasteiger partial charge in [0.1, 0.15) is 5.78 Å². The van der Waals surface area contributed by atoms with Crippen molar-refractivity contribution in [1.29, 1.82) is 0 Å². The van der Waals surface area contributed by atoms with Crippen LogP contribution in [0.15, 0.2) is 11.6 Å². The third kappa shape index (κ3) is 3.61. The standard InChI is InChI=1S/C13H20N2OS/c1-10(2)15-5-3-11(9-15)7-12(16)8-13-14-4-6-17-13/h4,6,10-11H,3,5,7-9H2,1-2H3/t11-/m0/s1. The predicted octanol–water partition coefficient (Wildman–Crippen LogP) is 2.38. The molecule has 0 N–H and O–H groups in total. The lowest BCUT2D eigenvalue weighted by atomic mass is 10.0. The normalized spacial score (nSPS) is 21.2. The molecule has 0 spiro atoms. The van der Waals surface area contributed by atoms with Crippen LogP contribution in [0, 0.1) is 5.92 Å². The van der Waals surface area contributed by atoms with Crippen LogP contribution in [0.3, 0.4) is 0 Å². The molecule has 0 saturated carbocycles. The largest absolute Gasteiger partial charge is 0.301 e. The number of thiazole rings is 1. The first-order chi connectivity index (χ1) is 8.15. The van der Waals surface area contributed by atoms with Crippen LogP contribution >= 0.6 is 11.3 Å². The Labute approximate surface area is 107 Å². The van der Waals surface area contributed by atoms with E-state index in [9.17, 15) is 4.79 Å². The zero-order chi connectivity index (χ0) is 12.3. The van der Waals surface area contributed by atoms with Crippen molar-refractivity contribution < 1.29 is 4.79 Å². The molecule has 1 aliphatic rings. The van der Waals surface area contributed by atoms with Crippen LogP contribution in [0.4, 0.5) is 0 Å². The smallest absolute Gasteiger partial charge is 0.140 e. The number of carbonyl (C=O) groups excluding carboxylic acids is 1. The fourth-order valence-corrected chi connectivity index (χ4v) is 3.05. The predicted molar refractivity (Wildman–Crippen MR) is 70.3 cm³/mol. The fraction of sp³-hybridized carbons (Fsp3) is 0.692. The summed E-state index contributed by atoms with van der Waals surface area (Å²) in [6, 6.07) is 0.606. The van der Waals surface area contributed by atoms with E-state index >= 15 is 0 Å². The van der Waals surface area contributed by atoms with Crippen LogP contribution in [-0.2, 0) is 11.2 Å². The summed E-state index contributed by atoms with van der Waals surface area (Å²) >= 11 is 1.57. The van der Waals surface area contributed by atoms with Crippen molar-refractivity contribution in [3.05, 3.63) is 16.6 Å². The Morgan fingerprint density at radius 1 is 1.65 bits per heavy atom. The van der Waals surface area contributed by atoms with Gasteiger partial charge in [0, 0.05) is 30.6 Å². The summed E-state index contributed by atoms with van der Waals surface area (Å²) in [7, 11) is 0. The number of aromatic nitrogens is 1. The van der Waals surface area contributed by atoms with Crippen molar-refractivity contribution in [3.63, 3.8) is 0 Å². The Balaban J connectivity index is 1.76. The molecule has 0 bridgehead atoms. The Morgan fingerprint density at radius 3 is 3.06 bits per heavy atom. The van der Waals surface area contributed by atoms with Crippen molar-refractivity contribution in [1.82, 2.24) is 9.88 Å². The molecule has 1 aromatic heterocycles. The number of likely N-dealkylation sites (tertiary alicyclic amines) is 1. The first-order valence-corrected chi connectivity index (χ1v) is 7.17. The van der Waals surface area contributed by atoms with Gasteiger partial charge in [-0.25, -0.2) is 4.98 Å². The molecule has 1 fully saturated rings. The van der Waals surface area contributed by atoms with Crippen LogP contribution in [-0.4, -0.2) is 34.8 Å². The molecular weight excluding hydrogens is 232 g/mol. The van der Waals surface area contributed by atoms with E-state index in [0.29, 0.717) is 24.2 Å². The average Bonchev–Trinajstić information content (AvgIpc) is 2.88. The second-order valence-electron chi connectivity index (χ2n) is 5.09. The Hall–Kier alpha value is -0.740. The molecule has 0 aromatic carbocycles. The van der Waals surface area contributed by atoms with Crippen molar-refractivity contribution >= 4 is 17.1 Å². The van der Waals surface area contributed by atoms with Crippen LogP contribution in [0.2, 0.25) is 0 Å². The van der Waals surface area contributed by atoms with Crippen molar-refractivity contribution in [2.75, 3.05) is 13.1 Å². The summed E-state index contributed by atoms with van der Waals surface area (Å²) < 4.78 is 0. The Bertz CT molecular complexity index is 362. The molecule has 0 aliphatic carbocycles. The van der Waals surface area contributed by atoms with E-state index in [2.05, 4.69) is 23.7 Å². The van der Waals surface area contributed by atoms with E-state index < -0.39 is 0 Å². The van der Waals surface area contributed by atoms with Crippen molar-refractivity contribution in [2.24, 2.45) is 5.92 Å². The molecule has 2 heterocycles. The summed E-state index contributed by atoms with van der Waals surface area (Å²) in [5.41, 5.74) is 0. The van der Waals surface area contributed by atoms with Gasteiger partial charge in [0.25, 0.3) is 0 Å². The quantitative estimate of drug-likeness (QED) is 0.806. The number of hydrogen-bond donors (Lipinski definition) is 0.